The zero-order valence-electron chi connectivity index (χ0n) is 9.31. The van der Waals surface area contributed by atoms with Gasteiger partial charge < -0.3 is 9.47 Å². The van der Waals surface area contributed by atoms with E-state index in [9.17, 15) is 4.79 Å². The lowest BCUT2D eigenvalue weighted by Crippen LogP contribution is -2.39. The van der Waals surface area contributed by atoms with Crippen molar-refractivity contribution in [2.24, 2.45) is 5.92 Å². The third kappa shape index (κ3) is 2.79. The summed E-state index contributed by atoms with van der Waals surface area (Å²) in [5, 5.41) is 0. The topological polar surface area (TPSA) is 25.2 Å². The largest absolute Gasteiger partial charge is 0.354 e. The maximum atomic E-state index is 11.4. The van der Waals surface area contributed by atoms with Gasteiger partial charge in [-0.1, -0.05) is 0 Å². The molecule has 0 bridgehead atoms. The first-order chi connectivity index (χ1) is 7.79. The van der Waals surface area contributed by atoms with Crippen LogP contribution in [0.5, 0.6) is 0 Å². The standard InChI is InChI=1S/C12H17ClN2O/c13-9-12(16)15-7-3-11(4-8-15)10-14-5-1-2-6-14/h1-2,5-6,11H,3-4,7-10H2. The second-order valence-corrected chi connectivity index (χ2v) is 4.60. The van der Waals surface area contributed by atoms with Crippen LogP contribution in [0.4, 0.5) is 0 Å². The molecule has 2 rings (SSSR count). The van der Waals surface area contributed by atoms with Crippen molar-refractivity contribution in [1.82, 2.24) is 9.47 Å². The average Bonchev–Trinajstić information content (AvgIpc) is 2.82. The molecule has 88 valence electrons. The van der Waals surface area contributed by atoms with Crippen molar-refractivity contribution in [3.05, 3.63) is 24.5 Å². The van der Waals surface area contributed by atoms with Crippen molar-refractivity contribution in [2.45, 2.75) is 19.4 Å². The Kier molecular flexibility index (Phi) is 3.88. The molecule has 16 heavy (non-hydrogen) atoms. The third-order valence-electron chi connectivity index (χ3n) is 3.22. The van der Waals surface area contributed by atoms with Gasteiger partial charge in [0.2, 0.25) is 5.91 Å². The smallest absolute Gasteiger partial charge is 0.237 e. The predicted molar refractivity (Wildman–Crippen MR) is 64.5 cm³/mol. The molecule has 1 aromatic heterocycles. The number of aromatic nitrogens is 1. The zero-order chi connectivity index (χ0) is 11.4. The minimum atomic E-state index is 0.0704. The van der Waals surface area contributed by atoms with E-state index in [1.54, 1.807) is 0 Å². The number of piperidine rings is 1. The van der Waals surface area contributed by atoms with Gasteiger partial charge in [0.15, 0.2) is 0 Å². The van der Waals surface area contributed by atoms with Gasteiger partial charge in [-0.25, -0.2) is 0 Å². The van der Waals surface area contributed by atoms with E-state index in [-0.39, 0.29) is 11.8 Å². The van der Waals surface area contributed by atoms with Gasteiger partial charge in [-0.3, -0.25) is 4.79 Å². The summed E-state index contributed by atoms with van der Waals surface area (Å²) in [6.07, 6.45) is 6.36. The normalized spacial score (nSPS) is 17.7. The predicted octanol–water partition coefficient (Wildman–Crippen LogP) is 1.97. The first kappa shape index (κ1) is 11.5. The van der Waals surface area contributed by atoms with Gasteiger partial charge in [0.25, 0.3) is 0 Å². The molecule has 3 nitrogen and oxygen atoms in total. The summed E-state index contributed by atoms with van der Waals surface area (Å²) in [6.45, 7) is 2.78. The number of halogens is 1. The molecular weight excluding hydrogens is 224 g/mol. The fourth-order valence-electron chi connectivity index (χ4n) is 2.24. The number of nitrogens with zero attached hydrogens (tertiary/aromatic N) is 2. The quantitative estimate of drug-likeness (QED) is 0.742. The van der Waals surface area contributed by atoms with E-state index >= 15 is 0 Å². The lowest BCUT2D eigenvalue weighted by Gasteiger charge is -2.31. The molecular formula is C12H17ClN2O. The summed E-state index contributed by atoms with van der Waals surface area (Å²) in [4.78, 5) is 13.3. The maximum Gasteiger partial charge on any atom is 0.237 e. The number of hydrogen-bond donors (Lipinski definition) is 0. The lowest BCUT2D eigenvalue weighted by molar-refractivity contribution is -0.129. The molecule has 0 unspecified atom stereocenters. The highest BCUT2D eigenvalue weighted by atomic mass is 35.5. The third-order valence-corrected chi connectivity index (χ3v) is 3.45. The van der Waals surface area contributed by atoms with Crippen molar-refractivity contribution in [3.63, 3.8) is 0 Å². The highest BCUT2D eigenvalue weighted by molar-refractivity contribution is 6.27. The maximum absolute atomic E-state index is 11.4. The number of hydrogen-bond acceptors (Lipinski definition) is 1. The van der Waals surface area contributed by atoms with Crippen molar-refractivity contribution < 1.29 is 4.79 Å². The van der Waals surface area contributed by atoms with E-state index in [1.165, 1.54) is 0 Å². The first-order valence-electron chi connectivity index (χ1n) is 5.74. The highest BCUT2D eigenvalue weighted by Gasteiger charge is 2.21. The van der Waals surface area contributed by atoms with Crippen LogP contribution in [0.1, 0.15) is 12.8 Å². The summed E-state index contributed by atoms with van der Waals surface area (Å²) in [7, 11) is 0. The van der Waals surface area contributed by atoms with Gasteiger partial charge >= 0.3 is 0 Å². The van der Waals surface area contributed by atoms with Crippen molar-refractivity contribution in [1.29, 1.82) is 0 Å². The Labute approximate surface area is 101 Å². The molecule has 0 aliphatic carbocycles. The average molecular weight is 241 g/mol. The highest BCUT2D eigenvalue weighted by Crippen LogP contribution is 2.19. The zero-order valence-corrected chi connectivity index (χ0v) is 10.1. The fraction of sp³-hybridized carbons (Fsp3) is 0.583. The molecule has 2 heterocycles. The molecule has 1 saturated heterocycles. The van der Waals surface area contributed by atoms with Crippen LogP contribution in [0, 0.1) is 5.92 Å². The van der Waals surface area contributed by atoms with E-state index in [0.29, 0.717) is 5.92 Å². The minimum Gasteiger partial charge on any atom is -0.354 e. The van der Waals surface area contributed by atoms with Crippen molar-refractivity contribution in [2.75, 3.05) is 19.0 Å². The summed E-state index contributed by atoms with van der Waals surface area (Å²) >= 11 is 5.54. The van der Waals surface area contributed by atoms with Crippen LogP contribution in [0.3, 0.4) is 0 Å². The Morgan fingerprint density at radius 1 is 1.25 bits per heavy atom. The van der Waals surface area contributed by atoms with Gasteiger partial charge in [0, 0.05) is 32.0 Å². The van der Waals surface area contributed by atoms with Gasteiger partial charge in [0.1, 0.15) is 5.88 Å². The summed E-state index contributed by atoms with van der Waals surface area (Å²) in [5.41, 5.74) is 0. The van der Waals surface area contributed by atoms with Gasteiger partial charge in [-0.2, -0.15) is 0 Å². The molecule has 0 aromatic carbocycles. The van der Waals surface area contributed by atoms with E-state index in [4.69, 9.17) is 11.6 Å². The number of carbonyl (C=O) groups excluding carboxylic acids is 1. The minimum absolute atomic E-state index is 0.0704. The number of carbonyl (C=O) groups is 1. The Hall–Kier alpha value is -0.960. The van der Waals surface area contributed by atoms with Crippen LogP contribution in [-0.4, -0.2) is 34.3 Å². The van der Waals surface area contributed by atoms with Crippen LogP contribution in [-0.2, 0) is 11.3 Å². The SMILES string of the molecule is O=C(CCl)N1CCC(Cn2cccc2)CC1. The van der Waals surface area contributed by atoms with E-state index < -0.39 is 0 Å². The van der Waals surface area contributed by atoms with Gasteiger partial charge in [0.05, 0.1) is 0 Å². The van der Waals surface area contributed by atoms with Crippen LogP contribution in [0.2, 0.25) is 0 Å². The Bertz CT molecular complexity index is 329. The van der Waals surface area contributed by atoms with E-state index in [0.717, 1.165) is 32.5 Å². The van der Waals surface area contributed by atoms with Crippen molar-refractivity contribution in [3.8, 4) is 0 Å². The molecule has 1 aliphatic heterocycles. The molecule has 0 N–H and O–H groups in total. The van der Waals surface area contributed by atoms with Gasteiger partial charge in [-0.05, 0) is 30.9 Å². The van der Waals surface area contributed by atoms with Gasteiger partial charge in [-0.15, -0.1) is 11.6 Å². The molecule has 0 saturated carbocycles. The number of amides is 1. The second kappa shape index (κ2) is 5.39. The van der Waals surface area contributed by atoms with E-state index in [1.807, 2.05) is 17.0 Å². The van der Waals surface area contributed by atoms with Crippen LogP contribution in [0.15, 0.2) is 24.5 Å². The number of rotatable bonds is 3. The molecule has 1 amide bonds. The lowest BCUT2D eigenvalue weighted by atomic mass is 9.97. The molecule has 0 radical (unpaired) electrons. The Morgan fingerprint density at radius 2 is 1.88 bits per heavy atom. The Balaban J connectivity index is 1.79. The van der Waals surface area contributed by atoms with Crippen LogP contribution in [0.25, 0.3) is 0 Å². The molecule has 0 atom stereocenters. The first-order valence-corrected chi connectivity index (χ1v) is 6.27. The van der Waals surface area contributed by atoms with Crippen LogP contribution < -0.4 is 0 Å². The molecule has 1 aromatic rings. The fourth-order valence-corrected chi connectivity index (χ4v) is 2.41. The second-order valence-electron chi connectivity index (χ2n) is 4.34. The summed E-state index contributed by atoms with van der Waals surface area (Å²) in [6, 6.07) is 4.10. The monoisotopic (exact) mass is 240 g/mol. The van der Waals surface area contributed by atoms with E-state index in [2.05, 4.69) is 17.0 Å². The molecule has 1 fully saturated rings. The number of alkyl halides is 1. The molecule has 4 heteroatoms. The molecule has 1 aliphatic rings. The summed E-state index contributed by atoms with van der Waals surface area (Å²) in [5.74, 6) is 0.871. The Morgan fingerprint density at radius 3 is 2.44 bits per heavy atom. The number of likely N-dealkylation sites (tertiary alicyclic amines) is 1. The van der Waals surface area contributed by atoms with Crippen molar-refractivity contribution >= 4 is 17.5 Å². The van der Waals surface area contributed by atoms with Crippen LogP contribution >= 0.6 is 11.6 Å². The molecule has 0 spiro atoms. The summed E-state index contributed by atoms with van der Waals surface area (Å²) < 4.78 is 2.21.